The van der Waals surface area contributed by atoms with E-state index in [4.69, 9.17) is 0 Å². The second-order valence-electron chi connectivity index (χ2n) is 6.29. The molecule has 5 nitrogen and oxygen atoms in total. The van der Waals surface area contributed by atoms with E-state index in [-0.39, 0.29) is 17.2 Å². The number of amides is 1. The molecule has 1 saturated heterocycles. The fourth-order valence-electron chi connectivity index (χ4n) is 2.75. The van der Waals surface area contributed by atoms with Crippen molar-refractivity contribution < 1.29 is 18.3 Å². The van der Waals surface area contributed by atoms with Crippen molar-refractivity contribution in [2.24, 2.45) is 5.92 Å². The smallest absolute Gasteiger partial charge is 0.387 e. The van der Waals surface area contributed by atoms with Crippen LogP contribution in [-0.2, 0) is 0 Å². The van der Waals surface area contributed by atoms with Crippen LogP contribution in [0.1, 0.15) is 17.3 Å². The quantitative estimate of drug-likeness (QED) is 0.823. The van der Waals surface area contributed by atoms with Gasteiger partial charge in [-0.25, -0.2) is 0 Å². The van der Waals surface area contributed by atoms with Crippen LogP contribution in [-0.4, -0.2) is 68.6 Å². The molecule has 24 heavy (non-hydrogen) atoms. The van der Waals surface area contributed by atoms with E-state index in [1.807, 2.05) is 0 Å². The number of alkyl halides is 2. The zero-order valence-corrected chi connectivity index (χ0v) is 14.2. The standard InChI is InChI=1S/C17H25F2N3O2/c1-13(12-22-9-7-21(2)8-10-22)11-20-16(23)14-5-3-4-6-15(14)24-17(18)19/h3-6,13,17H,7-12H2,1-2H3,(H,20,23). The van der Waals surface area contributed by atoms with E-state index in [2.05, 4.69) is 33.8 Å². The molecule has 1 amide bonds. The van der Waals surface area contributed by atoms with E-state index in [0.717, 1.165) is 32.7 Å². The lowest BCUT2D eigenvalue weighted by Gasteiger charge is -2.33. The fraction of sp³-hybridized carbons (Fsp3) is 0.588. The molecule has 1 atom stereocenters. The number of para-hydroxylation sites is 1. The molecule has 0 aliphatic carbocycles. The number of carbonyl (C=O) groups excluding carboxylic acids is 1. The molecule has 2 rings (SSSR count). The predicted octanol–water partition coefficient (Wildman–Crippen LogP) is 1.90. The van der Waals surface area contributed by atoms with Crippen molar-refractivity contribution in [1.82, 2.24) is 15.1 Å². The highest BCUT2D eigenvalue weighted by molar-refractivity contribution is 5.96. The highest BCUT2D eigenvalue weighted by Gasteiger charge is 2.18. The van der Waals surface area contributed by atoms with Crippen LogP contribution in [0, 0.1) is 5.92 Å². The van der Waals surface area contributed by atoms with Gasteiger partial charge in [-0.1, -0.05) is 19.1 Å². The van der Waals surface area contributed by atoms with Gasteiger partial charge in [-0.05, 0) is 25.1 Å². The van der Waals surface area contributed by atoms with E-state index in [9.17, 15) is 13.6 Å². The molecule has 1 N–H and O–H groups in total. The van der Waals surface area contributed by atoms with Crippen molar-refractivity contribution in [3.8, 4) is 5.75 Å². The number of halogens is 2. The number of nitrogens with one attached hydrogen (secondary N) is 1. The second kappa shape index (κ2) is 8.94. The van der Waals surface area contributed by atoms with E-state index < -0.39 is 12.5 Å². The van der Waals surface area contributed by atoms with Crippen LogP contribution in [0.3, 0.4) is 0 Å². The van der Waals surface area contributed by atoms with E-state index in [1.54, 1.807) is 12.1 Å². The first-order valence-corrected chi connectivity index (χ1v) is 8.18. The Hall–Kier alpha value is -1.73. The molecule has 0 radical (unpaired) electrons. The first-order valence-electron chi connectivity index (χ1n) is 8.18. The Morgan fingerprint density at radius 3 is 2.58 bits per heavy atom. The molecule has 0 aromatic heterocycles. The van der Waals surface area contributed by atoms with Gasteiger partial charge in [0.25, 0.3) is 5.91 Å². The van der Waals surface area contributed by atoms with Crippen molar-refractivity contribution in [3.05, 3.63) is 29.8 Å². The highest BCUT2D eigenvalue weighted by atomic mass is 19.3. The van der Waals surface area contributed by atoms with Crippen molar-refractivity contribution >= 4 is 5.91 Å². The maximum Gasteiger partial charge on any atom is 0.387 e. The van der Waals surface area contributed by atoms with Gasteiger partial charge in [-0.15, -0.1) is 0 Å². The van der Waals surface area contributed by atoms with E-state index >= 15 is 0 Å². The number of benzene rings is 1. The van der Waals surface area contributed by atoms with Gasteiger partial charge in [0.2, 0.25) is 0 Å². The fourth-order valence-corrected chi connectivity index (χ4v) is 2.75. The molecule has 1 aliphatic heterocycles. The van der Waals surface area contributed by atoms with Crippen molar-refractivity contribution in [3.63, 3.8) is 0 Å². The topological polar surface area (TPSA) is 44.8 Å². The minimum absolute atomic E-state index is 0.100. The number of hydrogen-bond donors (Lipinski definition) is 1. The zero-order valence-electron chi connectivity index (χ0n) is 14.2. The summed E-state index contributed by atoms with van der Waals surface area (Å²) in [6, 6.07) is 6.04. The van der Waals surface area contributed by atoms with Crippen LogP contribution in [0.4, 0.5) is 8.78 Å². The zero-order chi connectivity index (χ0) is 17.5. The Kier molecular flexibility index (Phi) is 6.93. The number of piperazine rings is 1. The maximum atomic E-state index is 12.4. The number of nitrogens with zero attached hydrogens (tertiary/aromatic N) is 2. The molecule has 1 aromatic carbocycles. The van der Waals surface area contributed by atoms with Crippen molar-refractivity contribution in [2.45, 2.75) is 13.5 Å². The SMILES string of the molecule is CC(CNC(=O)c1ccccc1OC(F)F)CN1CCN(C)CC1. The highest BCUT2D eigenvalue weighted by Crippen LogP contribution is 2.20. The molecule has 1 fully saturated rings. The Labute approximate surface area is 141 Å². The molecule has 0 saturated carbocycles. The van der Waals surface area contributed by atoms with Gasteiger partial charge in [-0.3, -0.25) is 4.79 Å². The minimum atomic E-state index is -2.95. The third-order valence-corrected chi connectivity index (χ3v) is 4.12. The summed E-state index contributed by atoms with van der Waals surface area (Å²) in [7, 11) is 2.11. The predicted molar refractivity (Wildman–Crippen MR) is 88.5 cm³/mol. The summed E-state index contributed by atoms with van der Waals surface area (Å²) in [5.74, 6) is -0.214. The molecule has 1 unspecified atom stereocenters. The maximum absolute atomic E-state index is 12.4. The normalized spacial score (nSPS) is 17.7. The number of hydrogen-bond acceptors (Lipinski definition) is 4. The van der Waals surface area contributed by atoms with E-state index in [1.165, 1.54) is 12.1 Å². The molecule has 0 bridgehead atoms. The lowest BCUT2D eigenvalue weighted by molar-refractivity contribution is -0.0501. The summed E-state index contributed by atoms with van der Waals surface area (Å²) in [4.78, 5) is 16.9. The number of likely N-dealkylation sites (N-methyl/N-ethyl adjacent to an activating group) is 1. The van der Waals surface area contributed by atoms with Gasteiger partial charge in [0.1, 0.15) is 5.75 Å². The number of carbonyl (C=O) groups is 1. The Morgan fingerprint density at radius 2 is 1.92 bits per heavy atom. The second-order valence-corrected chi connectivity index (χ2v) is 6.29. The first kappa shape index (κ1) is 18.6. The molecule has 134 valence electrons. The molecule has 1 aromatic rings. The van der Waals surface area contributed by atoms with Crippen LogP contribution in [0.25, 0.3) is 0 Å². The molecule has 7 heteroatoms. The largest absolute Gasteiger partial charge is 0.434 e. The molecule has 1 aliphatic rings. The monoisotopic (exact) mass is 341 g/mol. The lowest BCUT2D eigenvalue weighted by atomic mass is 10.1. The van der Waals surface area contributed by atoms with Gasteiger partial charge >= 0.3 is 6.61 Å². The third-order valence-electron chi connectivity index (χ3n) is 4.12. The van der Waals surface area contributed by atoms with Crippen LogP contribution >= 0.6 is 0 Å². The lowest BCUT2D eigenvalue weighted by Crippen LogP contribution is -2.46. The minimum Gasteiger partial charge on any atom is -0.434 e. The van der Waals surface area contributed by atoms with E-state index in [0.29, 0.717) is 6.54 Å². The van der Waals surface area contributed by atoms with Gasteiger partial charge in [0.15, 0.2) is 0 Å². The van der Waals surface area contributed by atoms with Crippen LogP contribution in [0.2, 0.25) is 0 Å². The van der Waals surface area contributed by atoms with Crippen molar-refractivity contribution in [2.75, 3.05) is 46.3 Å². The Morgan fingerprint density at radius 1 is 1.25 bits per heavy atom. The summed E-state index contributed by atoms with van der Waals surface area (Å²) in [5.41, 5.74) is 0.129. The van der Waals surface area contributed by atoms with Crippen LogP contribution < -0.4 is 10.1 Å². The molecule has 1 heterocycles. The summed E-state index contributed by atoms with van der Waals surface area (Å²) >= 11 is 0. The average molecular weight is 341 g/mol. The van der Waals surface area contributed by atoms with Gasteiger partial charge in [0.05, 0.1) is 5.56 Å². The average Bonchev–Trinajstić information content (AvgIpc) is 2.55. The van der Waals surface area contributed by atoms with Crippen LogP contribution in [0.15, 0.2) is 24.3 Å². The summed E-state index contributed by atoms with van der Waals surface area (Å²) in [6.07, 6.45) is 0. The third kappa shape index (κ3) is 5.72. The molecular weight excluding hydrogens is 316 g/mol. The summed E-state index contributed by atoms with van der Waals surface area (Å²) in [5, 5.41) is 2.81. The Balaban J connectivity index is 1.82. The first-order chi connectivity index (χ1) is 11.5. The summed E-state index contributed by atoms with van der Waals surface area (Å²) < 4.78 is 29.2. The van der Waals surface area contributed by atoms with Crippen LogP contribution in [0.5, 0.6) is 5.75 Å². The Bertz CT molecular complexity index is 534. The van der Waals surface area contributed by atoms with Gasteiger partial charge < -0.3 is 19.9 Å². The number of rotatable bonds is 7. The van der Waals surface area contributed by atoms with Gasteiger partial charge in [-0.2, -0.15) is 8.78 Å². The summed E-state index contributed by atoms with van der Waals surface area (Å²) in [6.45, 7) is 4.68. The molecular formula is C17H25F2N3O2. The van der Waals surface area contributed by atoms with Gasteiger partial charge in [0, 0.05) is 39.3 Å². The van der Waals surface area contributed by atoms with Crippen molar-refractivity contribution in [1.29, 1.82) is 0 Å². The molecule has 0 spiro atoms. The number of ether oxygens (including phenoxy) is 1.